The van der Waals surface area contributed by atoms with Gasteiger partial charge in [-0.05, 0) is 66.6 Å². The highest BCUT2D eigenvalue weighted by Gasteiger charge is 2.34. The monoisotopic (exact) mass is 619 g/mol. The van der Waals surface area contributed by atoms with E-state index in [1.54, 1.807) is 66.7 Å². The second-order valence-corrected chi connectivity index (χ2v) is 12.0. The lowest BCUT2D eigenvalue weighted by molar-refractivity contribution is -0.139. The molecule has 0 saturated carbocycles. The molecule has 1 atom stereocenters. The minimum atomic E-state index is -4.20. The van der Waals surface area contributed by atoms with Crippen molar-refractivity contribution in [2.75, 3.05) is 24.5 Å². The van der Waals surface area contributed by atoms with Gasteiger partial charge in [0.25, 0.3) is 10.0 Å². The van der Waals surface area contributed by atoms with E-state index in [0.29, 0.717) is 28.6 Å². The zero-order chi connectivity index (χ0) is 30.8. The van der Waals surface area contributed by atoms with Gasteiger partial charge in [0.1, 0.15) is 18.3 Å². The van der Waals surface area contributed by atoms with E-state index in [2.05, 4.69) is 5.32 Å². The molecular weight excluding hydrogens is 586 g/mol. The summed E-state index contributed by atoms with van der Waals surface area (Å²) in [6.45, 7) is 1.78. The largest absolute Gasteiger partial charge is 0.494 e. The maximum Gasteiger partial charge on any atom is 0.264 e. The lowest BCUT2D eigenvalue weighted by Crippen LogP contribution is -2.53. The molecule has 0 fully saturated rings. The SMILES string of the molecule is CCOc1ccc(S(=O)(=O)N(CC(=O)N(Cc2cccc(Cl)c2)[C@H](Cc2ccccc2)C(=O)NC)c2ccccc2)cc1. The van der Waals surface area contributed by atoms with Crippen LogP contribution in [0.5, 0.6) is 5.75 Å². The molecule has 0 aromatic heterocycles. The Labute approximate surface area is 257 Å². The Morgan fingerprint density at radius 2 is 1.49 bits per heavy atom. The Bertz CT molecular complexity index is 1620. The summed E-state index contributed by atoms with van der Waals surface area (Å²) in [7, 11) is -2.69. The first-order chi connectivity index (χ1) is 20.7. The van der Waals surface area contributed by atoms with Crippen LogP contribution in [0.1, 0.15) is 18.1 Å². The van der Waals surface area contributed by atoms with Crippen molar-refractivity contribution in [3.05, 3.63) is 125 Å². The number of hydrogen-bond acceptors (Lipinski definition) is 5. The van der Waals surface area contributed by atoms with Crippen molar-refractivity contribution in [2.45, 2.75) is 30.8 Å². The number of likely N-dealkylation sites (N-methyl/N-ethyl adjacent to an activating group) is 1. The molecule has 0 unspecified atom stereocenters. The van der Waals surface area contributed by atoms with Gasteiger partial charge in [-0.2, -0.15) is 0 Å². The second kappa shape index (κ2) is 14.7. The van der Waals surface area contributed by atoms with Crippen LogP contribution < -0.4 is 14.4 Å². The Morgan fingerprint density at radius 3 is 2.09 bits per heavy atom. The average molecular weight is 620 g/mol. The van der Waals surface area contributed by atoms with Crippen molar-refractivity contribution in [1.82, 2.24) is 10.2 Å². The molecule has 1 N–H and O–H groups in total. The zero-order valence-electron chi connectivity index (χ0n) is 24.0. The van der Waals surface area contributed by atoms with E-state index in [4.69, 9.17) is 16.3 Å². The standard InChI is InChI=1S/C33H34ClN3O5S/c1-3-42-29-17-19-30(20-18-29)43(40,41)37(28-15-8-5-9-16-28)24-32(38)36(23-26-13-10-14-27(34)21-26)31(33(39)35-2)22-25-11-6-4-7-12-25/h4-21,31H,3,22-24H2,1-2H3,(H,35,39)/t31-/m1/s1. The number of nitrogens with one attached hydrogen (secondary N) is 1. The fourth-order valence-electron chi connectivity index (χ4n) is 4.68. The third-order valence-corrected chi connectivity index (χ3v) is 8.83. The molecule has 8 nitrogen and oxygen atoms in total. The van der Waals surface area contributed by atoms with Crippen molar-refractivity contribution in [2.24, 2.45) is 0 Å². The van der Waals surface area contributed by atoms with Crippen LogP contribution >= 0.6 is 11.6 Å². The number of hydrogen-bond donors (Lipinski definition) is 1. The van der Waals surface area contributed by atoms with E-state index in [1.807, 2.05) is 37.3 Å². The van der Waals surface area contributed by atoms with Crippen LogP contribution in [0.3, 0.4) is 0 Å². The summed E-state index contributed by atoms with van der Waals surface area (Å²) < 4.78 is 34.6. The number of para-hydroxylation sites is 1. The predicted octanol–water partition coefficient (Wildman–Crippen LogP) is 5.32. The third kappa shape index (κ3) is 8.15. The zero-order valence-corrected chi connectivity index (χ0v) is 25.6. The predicted molar refractivity (Wildman–Crippen MR) is 169 cm³/mol. The number of amides is 2. The first kappa shape index (κ1) is 31.6. The molecule has 4 aromatic rings. The molecule has 0 radical (unpaired) electrons. The molecule has 2 amide bonds. The normalized spacial score (nSPS) is 11.8. The number of ether oxygens (including phenoxy) is 1. The highest BCUT2D eigenvalue weighted by Crippen LogP contribution is 2.26. The maximum atomic E-state index is 14.3. The van der Waals surface area contributed by atoms with Gasteiger partial charge >= 0.3 is 0 Å². The number of benzene rings is 4. The van der Waals surface area contributed by atoms with Crippen molar-refractivity contribution in [1.29, 1.82) is 0 Å². The van der Waals surface area contributed by atoms with Crippen molar-refractivity contribution < 1.29 is 22.7 Å². The Balaban J connectivity index is 1.75. The molecule has 0 spiro atoms. The van der Waals surface area contributed by atoms with Gasteiger partial charge in [0.15, 0.2) is 0 Å². The van der Waals surface area contributed by atoms with E-state index in [9.17, 15) is 18.0 Å². The van der Waals surface area contributed by atoms with E-state index in [-0.39, 0.29) is 23.8 Å². The summed E-state index contributed by atoms with van der Waals surface area (Å²) in [5, 5.41) is 3.15. The molecule has 0 aliphatic rings. The number of sulfonamides is 1. The van der Waals surface area contributed by atoms with Gasteiger partial charge in [-0.15, -0.1) is 0 Å². The maximum absolute atomic E-state index is 14.3. The Hall–Kier alpha value is -4.34. The number of anilines is 1. The van der Waals surface area contributed by atoms with E-state index in [0.717, 1.165) is 9.87 Å². The van der Waals surface area contributed by atoms with E-state index < -0.39 is 28.5 Å². The summed E-state index contributed by atoms with van der Waals surface area (Å²) in [5.41, 5.74) is 1.86. The number of rotatable bonds is 13. The Morgan fingerprint density at radius 1 is 0.860 bits per heavy atom. The first-order valence-electron chi connectivity index (χ1n) is 13.8. The summed E-state index contributed by atoms with van der Waals surface area (Å²) in [6.07, 6.45) is 0.226. The van der Waals surface area contributed by atoms with Gasteiger partial charge in [-0.3, -0.25) is 13.9 Å². The van der Waals surface area contributed by atoms with Crippen LogP contribution in [0.4, 0.5) is 5.69 Å². The van der Waals surface area contributed by atoms with Crippen LogP contribution in [-0.2, 0) is 32.6 Å². The molecule has 4 rings (SSSR count). The molecule has 0 bridgehead atoms. The Kier molecular flexibility index (Phi) is 10.8. The van der Waals surface area contributed by atoms with Crippen LogP contribution in [0.15, 0.2) is 114 Å². The van der Waals surface area contributed by atoms with Crippen LogP contribution in [0.25, 0.3) is 0 Å². The topological polar surface area (TPSA) is 96.0 Å². The van der Waals surface area contributed by atoms with Gasteiger partial charge in [0.05, 0.1) is 17.2 Å². The third-order valence-electron chi connectivity index (χ3n) is 6.81. The average Bonchev–Trinajstić information content (AvgIpc) is 3.02. The lowest BCUT2D eigenvalue weighted by Gasteiger charge is -2.33. The van der Waals surface area contributed by atoms with Gasteiger partial charge in [0, 0.05) is 25.0 Å². The van der Waals surface area contributed by atoms with Crippen LogP contribution in [0.2, 0.25) is 5.02 Å². The highest BCUT2D eigenvalue weighted by molar-refractivity contribution is 7.92. The van der Waals surface area contributed by atoms with Gasteiger partial charge < -0.3 is 15.0 Å². The minimum absolute atomic E-state index is 0.00105. The number of halogens is 1. The van der Waals surface area contributed by atoms with Crippen molar-refractivity contribution >= 4 is 39.1 Å². The quantitative estimate of drug-likeness (QED) is 0.219. The van der Waals surface area contributed by atoms with Gasteiger partial charge in [-0.1, -0.05) is 72.3 Å². The molecule has 4 aromatic carbocycles. The molecule has 0 aliphatic heterocycles. The number of nitrogens with zero attached hydrogens (tertiary/aromatic N) is 2. The van der Waals surface area contributed by atoms with Crippen LogP contribution in [-0.4, -0.2) is 51.4 Å². The molecule has 224 valence electrons. The molecule has 0 saturated heterocycles. The lowest BCUT2D eigenvalue weighted by atomic mass is 10.0. The van der Waals surface area contributed by atoms with E-state index in [1.165, 1.54) is 24.1 Å². The van der Waals surface area contributed by atoms with Gasteiger partial charge in [-0.25, -0.2) is 8.42 Å². The van der Waals surface area contributed by atoms with Crippen LogP contribution in [0, 0.1) is 0 Å². The molecule has 0 heterocycles. The number of carbonyl (C=O) groups excluding carboxylic acids is 2. The molecule has 10 heteroatoms. The molecule has 43 heavy (non-hydrogen) atoms. The number of carbonyl (C=O) groups is 2. The molecule has 0 aliphatic carbocycles. The van der Waals surface area contributed by atoms with Crippen molar-refractivity contribution in [3.63, 3.8) is 0 Å². The second-order valence-electron chi connectivity index (χ2n) is 9.72. The summed E-state index contributed by atoms with van der Waals surface area (Å²) in [4.78, 5) is 29.0. The van der Waals surface area contributed by atoms with E-state index >= 15 is 0 Å². The first-order valence-corrected chi connectivity index (χ1v) is 15.6. The van der Waals surface area contributed by atoms with Crippen molar-refractivity contribution in [3.8, 4) is 5.75 Å². The minimum Gasteiger partial charge on any atom is -0.494 e. The highest BCUT2D eigenvalue weighted by atomic mass is 35.5. The fourth-order valence-corrected chi connectivity index (χ4v) is 6.30. The fraction of sp³-hybridized carbons (Fsp3) is 0.212. The molecular formula is C33H34ClN3O5S. The summed E-state index contributed by atoms with van der Waals surface area (Å²) in [5.74, 6) is -0.395. The summed E-state index contributed by atoms with van der Waals surface area (Å²) in [6, 6.07) is 29.9. The smallest absolute Gasteiger partial charge is 0.264 e. The summed E-state index contributed by atoms with van der Waals surface area (Å²) >= 11 is 6.25. The van der Waals surface area contributed by atoms with Gasteiger partial charge in [0.2, 0.25) is 11.8 Å².